The van der Waals surface area contributed by atoms with Gasteiger partial charge in [-0.3, -0.25) is 4.79 Å². The van der Waals surface area contributed by atoms with Crippen molar-refractivity contribution in [3.05, 3.63) is 35.4 Å². The number of nitrogens with zero attached hydrogens (tertiary/aromatic N) is 1. The Morgan fingerprint density at radius 1 is 1.21 bits per heavy atom. The second kappa shape index (κ2) is 7.76. The van der Waals surface area contributed by atoms with Crippen LogP contribution in [0.2, 0.25) is 0 Å². The van der Waals surface area contributed by atoms with Crippen molar-refractivity contribution < 1.29 is 22.7 Å². The summed E-state index contributed by atoms with van der Waals surface area (Å²) in [6.07, 6.45) is 2.24. The minimum Gasteiger partial charge on any atom is -0.465 e. The molecule has 8 heteroatoms. The molecule has 1 N–H and O–H groups in total. The second-order valence-corrected chi connectivity index (χ2v) is 7.83. The van der Waals surface area contributed by atoms with Crippen molar-refractivity contribution in [2.75, 3.05) is 26.5 Å². The normalized spacial score (nSPS) is 16.6. The Hall–Kier alpha value is -1.93. The van der Waals surface area contributed by atoms with Gasteiger partial charge in [0.15, 0.2) is 0 Å². The molecule has 0 radical (unpaired) electrons. The molecule has 0 saturated carbocycles. The van der Waals surface area contributed by atoms with E-state index in [-0.39, 0.29) is 11.8 Å². The first-order chi connectivity index (χ1) is 11.3. The molecular formula is C16H22N2O5S. The molecule has 0 aliphatic carbocycles. The highest BCUT2D eigenvalue weighted by atomic mass is 32.2. The average molecular weight is 354 g/mol. The number of piperidine rings is 1. The first kappa shape index (κ1) is 18.4. The molecule has 1 aliphatic heterocycles. The van der Waals surface area contributed by atoms with Gasteiger partial charge in [-0.1, -0.05) is 12.1 Å². The molecule has 7 nitrogen and oxygen atoms in total. The largest absolute Gasteiger partial charge is 0.465 e. The Morgan fingerprint density at radius 3 is 2.29 bits per heavy atom. The summed E-state index contributed by atoms with van der Waals surface area (Å²) >= 11 is 0. The van der Waals surface area contributed by atoms with Crippen LogP contribution in [0.5, 0.6) is 0 Å². The fourth-order valence-electron chi connectivity index (χ4n) is 2.66. The smallest absolute Gasteiger partial charge is 0.337 e. The highest BCUT2D eigenvalue weighted by Gasteiger charge is 2.28. The van der Waals surface area contributed by atoms with Gasteiger partial charge in [-0.2, -0.15) is 0 Å². The maximum absolute atomic E-state index is 12.2. The number of methoxy groups -OCH3 is 1. The summed E-state index contributed by atoms with van der Waals surface area (Å²) in [5, 5.41) is 2.86. The highest BCUT2D eigenvalue weighted by Crippen LogP contribution is 2.19. The lowest BCUT2D eigenvalue weighted by Gasteiger charge is -2.29. The summed E-state index contributed by atoms with van der Waals surface area (Å²) in [6, 6.07) is 6.83. The molecule has 24 heavy (non-hydrogen) atoms. The van der Waals surface area contributed by atoms with Crippen molar-refractivity contribution in [2.45, 2.75) is 19.4 Å². The Bertz CT molecular complexity index is 692. The topological polar surface area (TPSA) is 92.8 Å². The van der Waals surface area contributed by atoms with Gasteiger partial charge >= 0.3 is 5.97 Å². The second-order valence-electron chi connectivity index (χ2n) is 5.84. The maximum atomic E-state index is 12.2. The summed E-state index contributed by atoms with van der Waals surface area (Å²) in [4.78, 5) is 23.6. The first-order valence-corrected chi connectivity index (χ1v) is 9.56. The minimum atomic E-state index is -3.18. The summed E-state index contributed by atoms with van der Waals surface area (Å²) in [7, 11) is -1.85. The number of esters is 1. The van der Waals surface area contributed by atoms with E-state index in [1.165, 1.54) is 17.7 Å². The van der Waals surface area contributed by atoms with E-state index in [4.69, 9.17) is 0 Å². The Morgan fingerprint density at radius 2 is 1.79 bits per heavy atom. The third-order valence-electron chi connectivity index (χ3n) is 4.14. The Balaban J connectivity index is 1.82. The Kier molecular flexibility index (Phi) is 5.95. The molecule has 0 aromatic heterocycles. The van der Waals surface area contributed by atoms with Crippen LogP contribution in [0.25, 0.3) is 0 Å². The van der Waals surface area contributed by atoms with Crippen molar-refractivity contribution >= 4 is 21.9 Å². The predicted octanol–water partition coefficient (Wildman–Crippen LogP) is 0.761. The number of rotatable bonds is 5. The fourth-order valence-corrected chi connectivity index (χ4v) is 3.53. The molecular weight excluding hydrogens is 332 g/mol. The van der Waals surface area contributed by atoms with Crippen molar-refractivity contribution in [2.24, 2.45) is 5.92 Å². The summed E-state index contributed by atoms with van der Waals surface area (Å²) in [6.45, 7) is 1.13. The van der Waals surface area contributed by atoms with Crippen molar-refractivity contribution in [1.82, 2.24) is 9.62 Å². The fraction of sp³-hybridized carbons (Fsp3) is 0.500. The number of carbonyl (C=O) groups is 2. The molecule has 132 valence electrons. The number of sulfonamides is 1. The molecule has 1 amide bonds. The first-order valence-electron chi connectivity index (χ1n) is 7.71. The minimum absolute atomic E-state index is 0.0693. The van der Waals surface area contributed by atoms with E-state index in [2.05, 4.69) is 10.1 Å². The van der Waals surface area contributed by atoms with E-state index in [1.807, 2.05) is 0 Å². The maximum Gasteiger partial charge on any atom is 0.337 e. The molecule has 1 saturated heterocycles. The standard InChI is InChI=1S/C16H22N2O5S/c1-23-16(20)14-5-3-12(4-6-14)11-17-15(19)13-7-9-18(10-8-13)24(2,21)22/h3-6,13H,7-11H2,1-2H3,(H,17,19). The number of hydrogen-bond acceptors (Lipinski definition) is 5. The summed E-state index contributed by atoms with van der Waals surface area (Å²) < 4.78 is 29.0. The molecule has 1 aliphatic rings. The number of amides is 1. The average Bonchev–Trinajstić information content (AvgIpc) is 2.58. The lowest BCUT2D eigenvalue weighted by molar-refractivity contribution is -0.126. The van der Waals surface area contributed by atoms with Crippen molar-refractivity contribution in [1.29, 1.82) is 0 Å². The van der Waals surface area contributed by atoms with E-state index >= 15 is 0 Å². The number of ether oxygens (including phenoxy) is 1. The summed E-state index contributed by atoms with van der Waals surface area (Å²) in [5.74, 6) is -0.638. The van der Waals surface area contributed by atoms with Crippen molar-refractivity contribution in [3.63, 3.8) is 0 Å². The zero-order valence-electron chi connectivity index (χ0n) is 13.8. The third kappa shape index (κ3) is 4.78. The number of carbonyl (C=O) groups excluding carboxylic acids is 2. The van der Waals surface area contributed by atoms with E-state index in [0.29, 0.717) is 38.0 Å². The van der Waals surface area contributed by atoms with E-state index < -0.39 is 16.0 Å². The lowest BCUT2D eigenvalue weighted by Crippen LogP contribution is -2.42. The van der Waals surface area contributed by atoms with Crippen LogP contribution in [0.4, 0.5) is 0 Å². The lowest BCUT2D eigenvalue weighted by atomic mass is 9.97. The zero-order valence-corrected chi connectivity index (χ0v) is 14.6. The van der Waals surface area contributed by atoms with Gasteiger partial charge in [-0.25, -0.2) is 17.5 Å². The van der Waals surface area contributed by atoms with Crippen LogP contribution in [-0.2, 0) is 26.1 Å². The molecule has 0 unspecified atom stereocenters. The van der Waals surface area contributed by atoms with Gasteiger partial charge in [0.2, 0.25) is 15.9 Å². The number of benzene rings is 1. The SMILES string of the molecule is COC(=O)c1ccc(CNC(=O)C2CCN(S(C)(=O)=O)CC2)cc1. The highest BCUT2D eigenvalue weighted by molar-refractivity contribution is 7.88. The van der Waals surface area contributed by atoms with E-state index in [1.54, 1.807) is 24.3 Å². The van der Waals surface area contributed by atoms with Gasteiger partial charge in [0, 0.05) is 25.6 Å². The Labute approximate surface area is 142 Å². The van der Waals surface area contributed by atoms with Crippen LogP contribution in [0.1, 0.15) is 28.8 Å². The van der Waals surface area contributed by atoms with Gasteiger partial charge in [-0.05, 0) is 30.5 Å². The molecule has 0 spiro atoms. The van der Waals surface area contributed by atoms with Crippen LogP contribution >= 0.6 is 0 Å². The van der Waals surface area contributed by atoms with Gasteiger partial charge in [0.1, 0.15) is 0 Å². The van der Waals surface area contributed by atoms with E-state index in [0.717, 1.165) is 5.56 Å². The number of nitrogens with one attached hydrogen (secondary N) is 1. The van der Waals surface area contributed by atoms with Gasteiger partial charge in [0.05, 0.1) is 18.9 Å². The summed E-state index contributed by atoms with van der Waals surface area (Å²) in [5.41, 5.74) is 1.34. The third-order valence-corrected chi connectivity index (χ3v) is 5.44. The predicted molar refractivity (Wildman–Crippen MR) is 88.8 cm³/mol. The molecule has 1 heterocycles. The quantitative estimate of drug-likeness (QED) is 0.788. The molecule has 1 aromatic carbocycles. The molecule has 0 bridgehead atoms. The number of hydrogen-bond donors (Lipinski definition) is 1. The molecule has 1 aromatic rings. The van der Waals surface area contributed by atoms with Gasteiger partial charge in [-0.15, -0.1) is 0 Å². The zero-order chi connectivity index (χ0) is 17.7. The van der Waals surface area contributed by atoms with Crippen LogP contribution in [0, 0.1) is 5.92 Å². The van der Waals surface area contributed by atoms with Crippen LogP contribution < -0.4 is 5.32 Å². The van der Waals surface area contributed by atoms with E-state index in [9.17, 15) is 18.0 Å². The van der Waals surface area contributed by atoms with Crippen LogP contribution in [0.3, 0.4) is 0 Å². The van der Waals surface area contributed by atoms with Crippen molar-refractivity contribution in [3.8, 4) is 0 Å². The van der Waals surface area contributed by atoms with Crippen LogP contribution in [-0.4, -0.2) is 51.1 Å². The van der Waals surface area contributed by atoms with Gasteiger partial charge in [0.25, 0.3) is 0 Å². The van der Waals surface area contributed by atoms with Crippen LogP contribution in [0.15, 0.2) is 24.3 Å². The van der Waals surface area contributed by atoms with Gasteiger partial charge < -0.3 is 10.1 Å². The molecule has 1 fully saturated rings. The molecule has 2 rings (SSSR count). The molecule has 0 atom stereocenters. The monoisotopic (exact) mass is 354 g/mol.